The van der Waals surface area contributed by atoms with Crippen LogP contribution >= 0.6 is 0 Å². The third-order valence-electron chi connectivity index (χ3n) is 4.53. The van der Waals surface area contributed by atoms with E-state index in [-0.39, 0.29) is 29.5 Å². The lowest BCUT2D eigenvalue weighted by atomic mass is 10.0. The van der Waals surface area contributed by atoms with Crippen LogP contribution in [0, 0.1) is 0 Å². The van der Waals surface area contributed by atoms with Crippen molar-refractivity contribution in [3.63, 3.8) is 0 Å². The number of unbranched alkanes of at least 4 members (excludes halogenated alkanes) is 1. The first-order chi connectivity index (χ1) is 10.5. The molecule has 0 saturated carbocycles. The number of benzene rings is 1. The highest BCUT2D eigenvalue weighted by atomic mass is 32.2. The van der Waals surface area contributed by atoms with Crippen LogP contribution in [-0.4, -0.2) is 55.9 Å². The molecular formula is C16H22N2O3S. The molecule has 1 aromatic carbocycles. The largest absolute Gasteiger partial charge is 0.306 e. The normalized spacial score (nSPS) is 27.9. The molecule has 2 aliphatic heterocycles. The Kier molecular flexibility index (Phi) is 4.23. The van der Waals surface area contributed by atoms with Crippen LogP contribution < -0.4 is 4.90 Å². The first kappa shape index (κ1) is 15.5. The molecule has 1 amide bonds. The first-order valence-corrected chi connectivity index (χ1v) is 9.65. The number of carbonyl (C=O) groups is 1. The van der Waals surface area contributed by atoms with E-state index in [4.69, 9.17) is 0 Å². The van der Waals surface area contributed by atoms with Gasteiger partial charge in [-0.05, 0) is 25.1 Å². The zero-order chi connectivity index (χ0) is 15.7. The monoisotopic (exact) mass is 322 g/mol. The van der Waals surface area contributed by atoms with Gasteiger partial charge in [0, 0.05) is 11.7 Å². The van der Waals surface area contributed by atoms with E-state index in [2.05, 4.69) is 11.8 Å². The van der Waals surface area contributed by atoms with Crippen LogP contribution in [-0.2, 0) is 14.6 Å². The molecule has 2 fully saturated rings. The van der Waals surface area contributed by atoms with Crippen molar-refractivity contribution in [2.24, 2.45) is 0 Å². The quantitative estimate of drug-likeness (QED) is 0.838. The van der Waals surface area contributed by atoms with Crippen LogP contribution in [0.15, 0.2) is 30.3 Å². The fourth-order valence-electron chi connectivity index (χ4n) is 3.49. The number of piperazine rings is 1. The van der Waals surface area contributed by atoms with Crippen LogP contribution in [0.1, 0.15) is 19.8 Å². The fourth-order valence-corrected chi connectivity index (χ4v) is 5.47. The van der Waals surface area contributed by atoms with E-state index in [1.54, 1.807) is 4.90 Å². The summed E-state index contributed by atoms with van der Waals surface area (Å²) in [6.45, 7) is 3.21. The Labute approximate surface area is 131 Å². The molecule has 5 nitrogen and oxygen atoms in total. The third-order valence-corrected chi connectivity index (χ3v) is 6.23. The first-order valence-electron chi connectivity index (χ1n) is 7.83. The van der Waals surface area contributed by atoms with Gasteiger partial charge in [-0.1, -0.05) is 31.5 Å². The van der Waals surface area contributed by atoms with Crippen LogP contribution in [0.2, 0.25) is 0 Å². The average Bonchev–Trinajstić information content (AvgIpc) is 2.80. The van der Waals surface area contributed by atoms with Crippen molar-refractivity contribution in [3.8, 4) is 0 Å². The number of anilines is 1. The number of nitrogens with zero attached hydrogens (tertiary/aromatic N) is 2. The number of amides is 1. The van der Waals surface area contributed by atoms with Gasteiger partial charge in [-0.3, -0.25) is 9.69 Å². The Morgan fingerprint density at radius 1 is 1.14 bits per heavy atom. The number of para-hydroxylation sites is 1. The minimum atomic E-state index is -3.09. The second-order valence-corrected chi connectivity index (χ2v) is 8.29. The molecule has 22 heavy (non-hydrogen) atoms. The van der Waals surface area contributed by atoms with Gasteiger partial charge in [0.25, 0.3) is 0 Å². The molecule has 0 radical (unpaired) electrons. The van der Waals surface area contributed by atoms with Gasteiger partial charge in [0.05, 0.1) is 24.1 Å². The van der Waals surface area contributed by atoms with Crippen LogP contribution in [0.3, 0.4) is 0 Å². The van der Waals surface area contributed by atoms with Gasteiger partial charge in [0.2, 0.25) is 5.91 Å². The minimum Gasteiger partial charge on any atom is -0.306 e. The maximum Gasteiger partial charge on any atom is 0.241 e. The molecule has 2 saturated heterocycles. The predicted octanol–water partition coefficient (Wildman–Crippen LogP) is 1.30. The molecule has 0 N–H and O–H groups in total. The van der Waals surface area contributed by atoms with Gasteiger partial charge in [-0.2, -0.15) is 0 Å². The van der Waals surface area contributed by atoms with Gasteiger partial charge < -0.3 is 4.90 Å². The van der Waals surface area contributed by atoms with E-state index in [0.29, 0.717) is 6.54 Å². The lowest BCUT2D eigenvalue weighted by molar-refractivity contribution is -0.123. The topological polar surface area (TPSA) is 57.7 Å². The van der Waals surface area contributed by atoms with E-state index in [9.17, 15) is 13.2 Å². The van der Waals surface area contributed by atoms with Gasteiger partial charge in [0.15, 0.2) is 9.84 Å². The highest BCUT2D eigenvalue weighted by molar-refractivity contribution is 7.91. The summed E-state index contributed by atoms with van der Waals surface area (Å²) in [5.41, 5.74) is 0.801. The van der Waals surface area contributed by atoms with E-state index < -0.39 is 9.84 Å². The molecule has 2 heterocycles. The third kappa shape index (κ3) is 2.90. The summed E-state index contributed by atoms with van der Waals surface area (Å²) in [6.07, 6.45) is 2.03. The van der Waals surface area contributed by atoms with Crippen LogP contribution in [0.4, 0.5) is 5.69 Å². The van der Waals surface area contributed by atoms with Gasteiger partial charge in [-0.15, -0.1) is 0 Å². The van der Waals surface area contributed by atoms with Crippen molar-refractivity contribution < 1.29 is 13.2 Å². The number of hydrogen-bond donors (Lipinski definition) is 0. The van der Waals surface area contributed by atoms with Crippen molar-refractivity contribution >= 4 is 21.4 Å². The van der Waals surface area contributed by atoms with Crippen molar-refractivity contribution in [2.75, 3.05) is 29.5 Å². The number of rotatable bonds is 4. The summed E-state index contributed by atoms with van der Waals surface area (Å²) < 4.78 is 24.3. The lowest BCUT2D eigenvalue weighted by Crippen LogP contribution is -2.62. The van der Waals surface area contributed by atoms with Crippen molar-refractivity contribution in [1.82, 2.24) is 4.90 Å². The molecule has 0 aliphatic carbocycles. The SMILES string of the molecule is CCCCN1CC(=O)N(c2ccccc2)[C@H]2CS(=O)(=O)C[C@@H]21. The van der Waals surface area contributed by atoms with E-state index >= 15 is 0 Å². The zero-order valence-corrected chi connectivity index (χ0v) is 13.6. The maximum atomic E-state index is 12.6. The molecular weight excluding hydrogens is 300 g/mol. The summed E-state index contributed by atoms with van der Waals surface area (Å²) in [7, 11) is -3.09. The smallest absolute Gasteiger partial charge is 0.241 e. The second-order valence-electron chi connectivity index (χ2n) is 6.13. The maximum absolute atomic E-state index is 12.6. The second kappa shape index (κ2) is 6.01. The van der Waals surface area contributed by atoms with E-state index in [1.807, 2.05) is 30.3 Å². The van der Waals surface area contributed by atoms with Crippen molar-refractivity contribution in [3.05, 3.63) is 30.3 Å². The zero-order valence-electron chi connectivity index (χ0n) is 12.8. The highest BCUT2D eigenvalue weighted by Crippen LogP contribution is 2.31. The Balaban J connectivity index is 1.92. The summed E-state index contributed by atoms with van der Waals surface area (Å²) in [5.74, 6) is 0.236. The number of hydrogen-bond acceptors (Lipinski definition) is 4. The Morgan fingerprint density at radius 3 is 2.50 bits per heavy atom. The Hall–Kier alpha value is -1.40. The van der Waals surface area contributed by atoms with Crippen molar-refractivity contribution in [2.45, 2.75) is 31.8 Å². The molecule has 0 unspecified atom stereocenters. The molecule has 0 bridgehead atoms. The lowest BCUT2D eigenvalue weighted by Gasteiger charge is -2.43. The molecule has 2 atom stereocenters. The number of sulfone groups is 1. The molecule has 0 spiro atoms. The average molecular weight is 322 g/mol. The van der Waals surface area contributed by atoms with Gasteiger partial charge in [-0.25, -0.2) is 8.42 Å². The van der Waals surface area contributed by atoms with Crippen LogP contribution in [0.5, 0.6) is 0 Å². The summed E-state index contributed by atoms with van der Waals surface area (Å²) in [4.78, 5) is 16.4. The highest BCUT2D eigenvalue weighted by Gasteiger charge is 2.49. The molecule has 3 rings (SSSR count). The molecule has 120 valence electrons. The van der Waals surface area contributed by atoms with Crippen LogP contribution in [0.25, 0.3) is 0 Å². The number of fused-ring (bicyclic) bond motifs is 1. The molecule has 1 aromatic rings. The standard InChI is InChI=1S/C16H22N2O3S/c1-2-3-9-17-10-16(19)18(13-7-5-4-6-8-13)15-12-22(20,21)11-14(15)17/h4-8,14-15H,2-3,9-12H2,1H3/t14-,15-/m0/s1. The van der Waals surface area contributed by atoms with Gasteiger partial charge in [0.1, 0.15) is 0 Å². The molecule has 6 heteroatoms. The van der Waals surface area contributed by atoms with Crippen molar-refractivity contribution in [1.29, 1.82) is 0 Å². The molecule has 2 aliphatic rings. The van der Waals surface area contributed by atoms with Gasteiger partial charge >= 0.3 is 0 Å². The Bertz CT molecular complexity index is 645. The Morgan fingerprint density at radius 2 is 1.82 bits per heavy atom. The summed E-state index contributed by atoms with van der Waals surface area (Å²) in [5, 5.41) is 0. The molecule has 0 aromatic heterocycles. The predicted molar refractivity (Wildman–Crippen MR) is 86.6 cm³/mol. The summed E-state index contributed by atoms with van der Waals surface area (Å²) >= 11 is 0. The fraction of sp³-hybridized carbons (Fsp3) is 0.562. The van der Waals surface area contributed by atoms with E-state index in [1.165, 1.54) is 0 Å². The number of carbonyl (C=O) groups excluding carboxylic acids is 1. The summed E-state index contributed by atoms with van der Waals surface area (Å²) in [6, 6.07) is 9.08. The van der Waals surface area contributed by atoms with E-state index in [0.717, 1.165) is 25.1 Å². The minimum absolute atomic E-state index is 0.000605.